The summed E-state index contributed by atoms with van der Waals surface area (Å²) < 4.78 is 14.4. The lowest BCUT2D eigenvalue weighted by Crippen LogP contribution is -2.67. The molecular weight excluding hydrogens is 511 g/mol. The molecule has 0 heterocycles. The molecule has 0 spiro atoms. The first-order valence-electron chi connectivity index (χ1n) is 16.3. The first kappa shape index (κ1) is 29.1. The van der Waals surface area contributed by atoms with Crippen molar-refractivity contribution < 1.29 is 19.4 Å². The van der Waals surface area contributed by atoms with Gasteiger partial charge in [0.05, 0.1) is 11.5 Å². The molecule has 224 valence electrons. The van der Waals surface area contributed by atoms with E-state index < -0.39 is 11.4 Å². The maximum absolute atomic E-state index is 14.4. The van der Waals surface area contributed by atoms with Crippen LogP contribution < -0.4 is 0 Å². The number of hydrogen-bond acceptors (Lipinski definition) is 2. The summed E-state index contributed by atoms with van der Waals surface area (Å²) in [6.45, 7) is 16.7. The topological polar surface area (TPSA) is 57.5 Å². The van der Waals surface area contributed by atoms with E-state index in [4.69, 9.17) is 0 Å². The number of allylic oxidation sites excluding steroid dienone is 2. The Labute approximate surface area is 246 Å². The van der Waals surface area contributed by atoms with Crippen LogP contribution in [0, 0.1) is 62.5 Å². The lowest BCUT2D eigenvalue weighted by Gasteiger charge is -2.72. The number of fused-ring (bicyclic) bond motifs is 7. The van der Waals surface area contributed by atoms with Crippen molar-refractivity contribution in [3.63, 3.8) is 0 Å². The third kappa shape index (κ3) is 3.87. The Bertz CT molecular complexity index is 1270. The van der Waals surface area contributed by atoms with Crippen LogP contribution >= 0.6 is 0 Å². The van der Waals surface area contributed by atoms with Crippen molar-refractivity contribution in [1.82, 2.24) is 0 Å². The van der Waals surface area contributed by atoms with Gasteiger partial charge in [-0.1, -0.05) is 77.1 Å². The molecule has 4 heteroatoms. The summed E-state index contributed by atoms with van der Waals surface area (Å²) in [5, 5.41) is 21.8. The van der Waals surface area contributed by atoms with Gasteiger partial charge in [-0.15, -0.1) is 0 Å². The number of hydrogen-bond donors (Lipinski definition) is 2. The van der Waals surface area contributed by atoms with Gasteiger partial charge in [-0.05, 0) is 122 Å². The quantitative estimate of drug-likeness (QED) is 0.360. The average molecular weight is 563 g/mol. The Kier molecular flexibility index (Phi) is 6.77. The second-order valence-electron chi connectivity index (χ2n) is 16.1. The molecule has 0 radical (unpaired) electrons. The van der Waals surface area contributed by atoms with Crippen LogP contribution in [0.4, 0.5) is 4.39 Å². The molecule has 0 aromatic heterocycles. The highest BCUT2D eigenvalue weighted by atomic mass is 19.1. The number of benzene rings is 1. The highest BCUT2D eigenvalue weighted by Gasteiger charge is 2.72. The van der Waals surface area contributed by atoms with Gasteiger partial charge in [-0.2, -0.15) is 0 Å². The summed E-state index contributed by atoms with van der Waals surface area (Å²) >= 11 is 0. The molecule has 5 aliphatic rings. The van der Waals surface area contributed by atoms with Gasteiger partial charge in [0, 0.05) is 5.56 Å². The van der Waals surface area contributed by atoms with Gasteiger partial charge in [-0.25, -0.2) is 4.39 Å². The van der Waals surface area contributed by atoms with Crippen molar-refractivity contribution in [3.05, 3.63) is 53.9 Å². The van der Waals surface area contributed by atoms with Crippen LogP contribution in [0.25, 0.3) is 6.08 Å². The number of aliphatic hydroxyl groups is 1. The maximum atomic E-state index is 14.4. The SMILES string of the molecule is C=C(/C=C/c1ccccc1F)[C@@H]1CC[C@]2(C(=O)O)CC[C@]3(C)[C@H](CC[C@@H]4[C@@]5(C)CC[C@H](O)C(C)(C)[C@@H]5CC[C@]43C)[C@@H]12. The van der Waals surface area contributed by atoms with E-state index in [0.717, 1.165) is 63.4 Å². The van der Waals surface area contributed by atoms with Gasteiger partial charge in [0.25, 0.3) is 0 Å². The van der Waals surface area contributed by atoms with Gasteiger partial charge in [0.2, 0.25) is 0 Å². The number of aliphatic carboxylic acids is 1. The van der Waals surface area contributed by atoms with Gasteiger partial charge >= 0.3 is 5.97 Å². The molecule has 0 amide bonds. The summed E-state index contributed by atoms with van der Waals surface area (Å²) in [4.78, 5) is 13.1. The van der Waals surface area contributed by atoms with Crippen LogP contribution in [0.3, 0.4) is 0 Å². The molecule has 2 N–H and O–H groups in total. The molecule has 5 aliphatic carbocycles. The highest BCUT2D eigenvalue weighted by molar-refractivity contribution is 5.76. The molecular formula is C37H51FO3. The van der Waals surface area contributed by atoms with E-state index in [0.29, 0.717) is 29.7 Å². The average Bonchev–Trinajstić information content (AvgIpc) is 3.32. The molecule has 1 aromatic rings. The Balaban J connectivity index is 1.36. The van der Waals surface area contributed by atoms with Crippen LogP contribution in [-0.4, -0.2) is 22.3 Å². The van der Waals surface area contributed by atoms with Crippen molar-refractivity contribution in [1.29, 1.82) is 0 Å². The number of rotatable bonds is 4. The van der Waals surface area contributed by atoms with E-state index in [2.05, 4.69) is 41.2 Å². The van der Waals surface area contributed by atoms with Crippen LogP contribution in [0.1, 0.15) is 104 Å². The Morgan fingerprint density at radius 3 is 2.34 bits per heavy atom. The third-order valence-corrected chi connectivity index (χ3v) is 14.7. The fourth-order valence-electron chi connectivity index (χ4n) is 12.3. The number of carboxylic acids is 1. The first-order valence-corrected chi connectivity index (χ1v) is 16.3. The zero-order valence-electron chi connectivity index (χ0n) is 25.9. The molecule has 0 aliphatic heterocycles. The molecule has 0 bridgehead atoms. The van der Waals surface area contributed by atoms with E-state index in [1.54, 1.807) is 12.1 Å². The lowest BCUT2D eigenvalue weighted by atomic mass is 9.32. The third-order valence-electron chi connectivity index (χ3n) is 14.7. The molecule has 10 atom stereocenters. The standard InChI is InChI=1S/C37H51FO3/c1-23(11-12-24-9-7-8-10-27(24)38)25-15-20-37(32(40)41)22-21-35(5)26(31(25)37)13-14-29-34(4)18-17-30(39)33(2,3)28(34)16-19-36(29,35)6/h7-12,25-26,28-31,39H,1,13-22H2,2-6H3,(H,40,41)/b12-11+/t25-,26+,28-,29+,30-,31+,34-,35+,36+,37-/m0/s1. The maximum Gasteiger partial charge on any atom is 0.309 e. The van der Waals surface area contributed by atoms with Gasteiger partial charge in [0.1, 0.15) is 5.82 Å². The summed E-state index contributed by atoms with van der Waals surface area (Å²) in [6, 6.07) is 6.79. The van der Waals surface area contributed by atoms with E-state index in [9.17, 15) is 19.4 Å². The van der Waals surface area contributed by atoms with Crippen molar-refractivity contribution in [3.8, 4) is 0 Å². The first-order chi connectivity index (χ1) is 19.2. The van der Waals surface area contributed by atoms with E-state index in [1.165, 1.54) is 6.07 Å². The van der Waals surface area contributed by atoms with Gasteiger partial charge in [0.15, 0.2) is 0 Å². The smallest absolute Gasteiger partial charge is 0.309 e. The highest BCUT2D eigenvalue weighted by Crippen LogP contribution is 2.77. The van der Waals surface area contributed by atoms with E-state index >= 15 is 0 Å². The summed E-state index contributed by atoms with van der Waals surface area (Å²) in [6.07, 6.45) is 13.3. The second-order valence-corrected chi connectivity index (χ2v) is 16.1. The Hall–Kier alpha value is -1.94. The molecule has 0 unspecified atom stereocenters. The molecule has 41 heavy (non-hydrogen) atoms. The zero-order chi connectivity index (χ0) is 29.6. The summed E-state index contributed by atoms with van der Waals surface area (Å²) in [5.41, 5.74) is 1.14. The number of aliphatic hydroxyl groups excluding tert-OH is 1. The minimum Gasteiger partial charge on any atom is -0.481 e. The Morgan fingerprint density at radius 1 is 0.902 bits per heavy atom. The lowest BCUT2D eigenvalue weighted by molar-refractivity contribution is -0.248. The molecule has 6 rings (SSSR count). The van der Waals surface area contributed by atoms with Crippen molar-refractivity contribution >= 4 is 12.0 Å². The minimum absolute atomic E-state index is 0.0597. The van der Waals surface area contributed by atoms with Crippen LogP contribution in [0.5, 0.6) is 0 Å². The number of carboxylic acid groups (broad SMARTS) is 1. The molecule has 5 saturated carbocycles. The summed E-state index contributed by atoms with van der Waals surface area (Å²) in [7, 11) is 0. The molecule has 0 saturated heterocycles. The van der Waals surface area contributed by atoms with Crippen LogP contribution in [-0.2, 0) is 4.79 Å². The second kappa shape index (κ2) is 9.53. The van der Waals surface area contributed by atoms with Crippen molar-refractivity contribution in [2.75, 3.05) is 0 Å². The fraction of sp³-hybridized carbons (Fsp3) is 0.703. The minimum atomic E-state index is -0.690. The normalized spacial score (nSPS) is 46.7. The Morgan fingerprint density at radius 2 is 1.63 bits per heavy atom. The molecule has 1 aromatic carbocycles. The van der Waals surface area contributed by atoms with Crippen molar-refractivity contribution in [2.24, 2.45) is 56.7 Å². The van der Waals surface area contributed by atoms with Crippen molar-refractivity contribution in [2.45, 2.75) is 105 Å². The predicted molar refractivity (Wildman–Crippen MR) is 162 cm³/mol. The van der Waals surface area contributed by atoms with Gasteiger partial charge in [-0.3, -0.25) is 4.79 Å². The van der Waals surface area contributed by atoms with E-state index in [1.807, 2.05) is 18.2 Å². The van der Waals surface area contributed by atoms with Gasteiger partial charge < -0.3 is 10.2 Å². The molecule has 5 fully saturated rings. The summed E-state index contributed by atoms with van der Waals surface area (Å²) in [5.74, 6) is 0.733. The van der Waals surface area contributed by atoms with Crippen LogP contribution in [0.15, 0.2) is 42.5 Å². The zero-order valence-corrected chi connectivity index (χ0v) is 25.9. The number of carbonyl (C=O) groups is 1. The van der Waals surface area contributed by atoms with E-state index in [-0.39, 0.29) is 45.4 Å². The predicted octanol–water partition coefficient (Wildman–Crippen LogP) is 8.92. The number of halogens is 1. The van der Waals surface area contributed by atoms with Crippen LogP contribution in [0.2, 0.25) is 0 Å². The fourth-order valence-corrected chi connectivity index (χ4v) is 12.3. The monoisotopic (exact) mass is 562 g/mol. The largest absolute Gasteiger partial charge is 0.481 e. The molecule has 3 nitrogen and oxygen atoms in total.